The second-order valence-electron chi connectivity index (χ2n) is 3.77. The zero-order valence-corrected chi connectivity index (χ0v) is 7.77. The van der Waals surface area contributed by atoms with Crippen LogP contribution in [0.3, 0.4) is 0 Å². The van der Waals surface area contributed by atoms with Crippen molar-refractivity contribution in [3.05, 3.63) is 0 Å². The minimum Gasteiger partial charge on any atom is -0.388 e. The van der Waals surface area contributed by atoms with E-state index in [9.17, 15) is 0 Å². The normalized spacial score (nSPS) is 14.5. The monoisotopic (exact) mass is 158 g/mol. The number of amidine groups is 1. The topological polar surface area (TPSA) is 59.1 Å². The molecule has 11 heavy (non-hydrogen) atoms. The minimum absolute atomic E-state index is 0.0347. The summed E-state index contributed by atoms with van der Waals surface area (Å²) in [5.74, 6) is 0.182. The summed E-state index contributed by atoms with van der Waals surface area (Å²) in [6.45, 7) is 7.89. The Morgan fingerprint density at radius 1 is 1.55 bits per heavy atom. The molecule has 66 valence electrons. The van der Waals surface area contributed by atoms with Crippen molar-refractivity contribution in [2.75, 3.05) is 0 Å². The van der Waals surface area contributed by atoms with Gasteiger partial charge in [0.25, 0.3) is 0 Å². The first-order chi connectivity index (χ1) is 4.81. The molecular formula is C8H18N2O. The number of hydrogen-bond donors (Lipinski definition) is 2. The summed E-state index contributed by atoms with van der Waals surface area (Å²) in [7, 11) is 0. The highest BCUT2D eigenvalue weighted by Gasteiger charge is 2.15. The Bertz CT molecular complexity index is 138. The highest BCUT2D eigenvalue weighted by molar-refractivity contribution is 5.77. The van der Waals surface area contributed by atoms with Crippen molar-refractivity contribution < 1.29 is 4.74 Å². The maximum atomic E-state index is 7.03. The summed E-state index contributed by atoms with van der Waals surface area (Å²) in [4.78, 5) is 0. The van der Waals surface area contributed by atoms with Gasteiger partial charge in [-0.05, 0) is 27.7 Å². The first kappa shape index (κ1) is 10.4. The van der Waals surface area contributed by atoms with Crippen LogP contribution in [-0.4, -0.2) is 17.5 Å². The second kappa shape index (κ2) is 3.72. The van der Waals surface area contributed by atoms with E-state index in [1.807, 2.05) is 27.7 Å². The molecule has 1 atom stereocenters. The lowest BCUT2D eigenvalue weighted by Gasteiger charge is -2.24. The van der Waals surface area contributed by atoms with E-state index < -0.39 is 0 Å². The van der Waals surface area contributed by atoms with Crippen molar-refractivity contribution in [3.8, 4) is 0 Å². The van der Waals surface area contributed by atoms with Crippen LogP contribution < -0.4 is 5.73 Å². The lowest BCUT2D eigenvalue weighted by Crippen LogP contribution is -2.28. The lowest BCUT2D eigenvalue weighted by atomic mass is 10.1. The zero-order valence-electron chi connectivity index (χ0n) is 7.77. The third-order valence-corrected chi connectivity index (χ3v) is 1.06. The van der Waals surface area contributed by atoms with Crippen LogP contribution in [0, 0.1) is 5.41 Å². The van der Waals surface area contributed by atoms with Crippen LogP contribution >= 0.6 is 0 Å². The molecule has 0 radical (unpaired) electrons. The predicted molar refractivity (Wildman–Crippen MR) is 46.8 cm³/mol. The number of nitrogens with two attached hydrogens (primary N) is 1. The van der Waals surface area contributed by atoms with Crippen LogP contribution in [0.1, 0.15) is 34.1 Å². The van der Waals surface area contributed by atoms with E-state index in [1.165, 1.54) is 0 Å². The van der Waals surface area contributed by atoms with Gasteiger partial charge in [-0.25, -0.2) is 0 Å². The molecule has 0 heterocycles. The largest absolute Gasteiger partial charge is 0.388 e. The highest BCUT2D eigenvalue weighted by atomic mass is 16.5. The first-order valence-electron chi connectivity index (χ1n) is 3.82. The smallest absolute Gasteiger partial charge is 0.0931 e. The SMILES string of the molecule is CC(CC(=N)N)OC(C)(C)C. The summed E-state index contributed by atoms with van der Waals surface area (Å²) in [5, 5.41) is 7.03. The Morgan fingerprint density at radius 3 is 2.27 bits per heavy atom. The number of ether oxygens (including phenoxy) is 1. The van der Waals surface area contributed by atoms with Gasteiger partial charge >= 0.3 is 0 Å². The Labute approximate surface area is 68.4 Å². The fraction of sp³-hybridized carbons (Fsp3) is 0.875. The van der Waals surface area contributed by atoms with Gasteiger partial charge in [0.05, 0.1) is 17.5 Å². The highest BCUT2D eigenvalue weighted by Crippen LogP contribution is 2.11. The fourth-order valence-corrected chi connectivity index (χ4v) is 0.955. The van der Waals surface area contributed by atoms with Crippen molar-refractivity contribution in [1.82, 2.24) is 0 Å². The third-order valence-electron chi connectivity index (χ3n) is 1.06. The molecule has 0 aromatic rings. The maximum Gasteiger partial charge on any atom is 0.0931 e. The summed E-state index contributed by atoms with van der Waals surface area (Å²) >= 11 is 0. The molecule has 1 unspecified atom stereocenters. The first-order valence-corrected chi connectivity index (χ1v) is 3.82. The van der Waals surface area contributed by atoms with E-state index in [4.69, 9.17) is 15.9 Å². The second-order valence-corrected chi connectivity index (χ2v) is 3.77. The predicted octanol–water partition coefficient (Wildman–Crippen LogP) is 1.52. The van der Waals surface area contributed by atoms with Crippen molar-refractivity contribution in [2.45, 2.75) is 45.8 Å². The van der Waals surface area contributed by atoms with Gasteiger partial charge in [-0.15, -0.1) is 0 Å². The summed E-state index contributed by atoms with van der Waals surface area (Å²) in [6, 6.07) is 0. The Kier molecular flexibility index (Phi) is 3.52. The number of rotatable bonds is 3. The maximum absolute atomic E-state index is 7.03. The van der Waals surface area contributed by atoms with Crippen molar-refractivity contribution in [2.24, 2.45) is 5.73 Å². The molecule has 0 fully saturated rings. The van der Waals surface area contributed by atoms with E-state index in [0.29, 0.717) is 6.42 Å². The molecule has 0 bridgehead atoms. The van der Waals surface area contributed by atoms with Gasteiger partial charge in [0.1, 0.15) is 0 Å². The van der Waals surface area contributed by atoms with E-state index in [0.717, 1.165) is 0 Å². The van der Waals surface area contributed by atoms with Crippen LogP contribution in [0.2, 0.25) is 0 Å². The molecule has 0 aromatic heterocycles. The number of hydrogen-bond acceptors (Lipinski definition) is 2. The zero-order chi connectivity index (χ0) is 9.07. The van der Waals surface area contributed by atoms with Crippen molar-refractivity contribution in [1.29, 1.82) is 5.41 Å². The summed E-state index contributed by atoms with van der Waals surface area (Å²) in [6.07, 6.45) is 0.546. The Balaban J connectivity index is 3.69. The molecule has 0 amide bonds. The van der Waals surface area contributed by atoms with E-state index in [1.54, 1.807) is 0 Å². The van der Waals surface area contributed by atoms with Crippen LogP contribution in [0.4, 0.5) is 0 Å². The molecule has 3 heteroatoms. The molecule has 3 N–H and O–H groups in total. The number of nitrogens with one attached hydrogen (secondary N) is 1. The molecule has 0 aliphatic heterocycles. The summed E-state index contributed by atoms with van der Waals surface area (Å²) in [5.41, 5.74) is 5.07. The Morgan fingerprint density at radius 2 is 2.00 bits per heavy atom. The Hall–Kier alpha value is -0.570. The van der Waals surface area contributed by atoms with Crippen molar-refractivity contribution in [3.63, 3.8) is 0 Å². The van der Waals surface area contributed by atoms with Gasteiger partial charge in [-0.2, -0.15) is 0 Å². The molecule has 0 aromatic carbocycles. The molecule has 0 aliphatic rings. The van der Waals surface area contributed by atoms with E-state index >= 15 is 0 Å². The molecular weight excluding hydrogens is 140 g/mol. The molecule has 0 saturated heterocycles. The minimum atomic E-state index is -0.144. The van der Waals surface area contributed by atoms with Gasteiger partial charge in [0.2, 0.25) is 0 Å². The summed E-state index contributed by atoms with van der Waals surface area (Å²) < 4.78 is 5.53. The van der Waals surface area contributed by atoms with Gasteiger partial charge in [0, 0.05) is 6.42 Å². The van der Waals surface area contributed by atoms with Gasteiger partial charge < -0.3 is 10.5 Å². The molecule has 0 saturated carbocycles. The lowest BCUT2D eigenvalue weighted by molar-refractivity contribution is -0.0476. The third kappa shape index (κ3) is 7.33. The average molecular weight is 158 g/mol. The standard InChI is InChI=1S/C8H18N2O/c1-6(5-7(9)10)11-8(2,3)4/h6H,5H2,1-4H3,(H3,9,10). The molecule has 0 spiro atoms. The fourth-order valence-electron chi connectivity index (χ4n) is 0.955. The molecule has 0 rings (SSSR count). The van der Waals surface area contributed by atoms with Crippen LogP contribution in [0.5, 0.6) is 0 Å². The molecule has 0 aliphatic carbocycles. The quantitative estimate of drug-likeness (QED) is 0.483. The van der Waals surface area contributed by atoms with E-state index in [2.05, 4.69) is 0 Å². The van der Waals surface area contributed by atoms with Gasteiger partial charge in [-0.3, -0.25) is 5.41 Å². The van der Waals surface area contributed by atoms with E-state index in [-0.39, 0.29) is 17.5 Å². The van der Waals surface area contributed by atoms with Crippen LogP contribution in [0.15, 0.2) is 0 Å². The van der Waals surface area contributed by atoms with Gasteiger partial charge in [0.15, 0.2) is 0 Å². The average Bonchev–Trinajstić information content (AvgIpc) is 1.53. The van der Waals surface area contributed by atoms with Crippen LogP contribution in [0.25, 0.3) is 0 Å². The van der Waals surface area contributed by atoms with Crippen molar-refractivity contribution >= 4 is 5.84 Å². The van der Waals surface area contributed by atoms with Crippen LogP contribution in [-0.2, 0) is 4.74 Å². The van der Waals surface area contributed by atoms with Gasteiger partial charge in [-0.1, -0.05) is 0 Å². The molecule has 3 nitrogen and oxygen atoms in total.